The van der Waals surface area contributed by atoms with Crippen LogP contribution in [0.1, 0.15) is 46.0 Å². The van der Waals surface area contributed by atoms with E-state index in [4.69, 9.17) is 5.73 Å². The topological polar surface area (TPSA) is 43.1 Å². The van der Waals surface area contributed by atoms with E-state index in [1.54, 1.807) is 0 Å². The second kappa shape index (κ2) is 3.90. The summed E-state index contributed by atoms with van der Waals surface area (Å²) in [4.78, 5) is 12.0. The van der Waals surface area contributed by atoms with E-state index in [0.29, 0.717) is 23.5 Å². The molecule has 4 atom stereocenters. The average molecular weight is 221 g/mol. The van der Waals surface area contributed by atoms with Gasteiger partial charge >= 0.3 is 0 Å². The maximum absolute atomic E-state index is 12.0. The summed E-state index contributed by atoms with van der Waals surface area (Å²) in [6.45, 7) is 8.34. The van der Waals surface area contributed by atoms with Gasteiger partial charge in [0.1, 0.15) is 5.78 Å². The van der Waals surface area contributed by atoms with E-state index in [0.717, 1.165) is 31.4 Å². The lowest BCUT2D eigenvalue weighted by atomic mass is 9.62. The summed E-state index contributed by atoms with van der Waals surface area (Å²) < 4.78 is 0. The highest BCUT2D eigenvalue weighted by Crippen LogP contribution is 2.56. The van der Waals surface area contributed by atoms with Gasteiger partial charge < -0.3 is 5.73 Å². The highest BCUT2D eigenvalue weighted by molar-refractivity contribution is 5.83. The Bertz CT molecular complexity index is 323. The smallest absolute Gasteiger partial charge is 0.136 e. The van der Waals surface area contributed by atoms with Gasteiger partial charge in [0.25, 0.3) is 0 Å². The van der Waals surface area contributed by atoms with Crippen molar-refractivity contribution in [2.75, 3.05) is 0 Å². The minimum Gasteiger partial charge on any atom is -0.402 e. The Morgan fingerprint density at radius 3 is 2.88 bits per heavy atom. The van der Waals surface area contributed by atoms with E-state index in [-0.39, 0.29) is 5.41 Å². The van der Waals surface area contributed by atoms with Gasteiger partial charge in [-0.15, -0.1) is 0 Å². The van der Waals surface area contributed by atoms with Crippen molar-refractivity contribution in [2.45, 2.75) is 46.0 Å². The lowest BCUT2D eigenvalue weighted by Crippen LogP contribution is -2.40. The molecule has 0 aromatic carbocycles. The molecule has 2 rings (SSSR count). The number of ketones is 1. The van der Waals surface area contributed by atoms with Gasteiger partial charge in [0.05, 0.1) is 0 Å². The first kappa shape index (κ1) is 11.7. The summed E-state index contributed by atoms with van der Waals surface area (Å²) in [5.74, 6) is 1.69. The lowest BCUT2D eigenvalue weighted by Gasteiger charge is -2.42. The van der Waals surface area contributed by atoms with Gasteiger partial charge in [-0.1, -0.05) is 20.4 Å². The molecule has 0 bridgehead atoms. The summed E-state index contributed by atoms with van der Waals surface area (Å²) in [6.07, 6.45) is 5.25. The van der Waals surface area contributed by atoms with Gasteiger partial charge in [-0.3, -0.25) is 4.79 Å². The number of rotatable bonds is 2. The van der Waals surface area contributed by atoms with E-state index in [9.17, 15) is 4.79 Å². The van der Waals surface area contributed by atoms with E-state index in [1.807, 2.05) is 0 Å². The fraction of sp³-hybridized carbons (Fsp3) is 0.786. The Hall–Kier alpha value is -0.790. The van der Waals surface area contributed by atoms with Crippen LogP contribution < -0.4 is 5.73 Å². The summed E-state index contributed by atoms with van der Waals surface area (Å²) >= 11 is 0. The number of allylic oxidation sites excluding steroid dienone is 1. The lowest BCUT2D eigenvalue weighted by molar-refractivity contribution is -0.129. The Labute approximate surface area is 98.3 Å². The van der Waals surface area contributed by atoms with E-state index in [2.05, 4.69) is 20.4 Å². The molecule has 2 nitrogen and oxygen atoms in total. The third-order valence-corrected chi connectivity index (χ3v) is 5.13. The van der Waals surface area contributed by atoms with Crippen LogP contribution in [-0.4, -0.2) is 5.78 Å². The first-order valence-corrected chi connectivity index (χ1v) is 6.44. The standard InChI is InChI=1S/C14H23NO/c1-9(10(2)15)11-6-7-12-13(16)5-4-8-14(11,12)3/h9,11-12H,2,4-8,15H2,1,3H3/t9-,11?,12?,14-/m1/s1. The van der Waals surface area contributed by atoms with Crippen LogP contribution in [0.15, 0.2) is 12.3 Å². The zero-order valence-corrected chi connectivity index (χ0v) is 10.5. The fourth-order valence-electron chi connectivity index (χ4n) is 4.05. The summed E-state index contributed by atoms with van der Waals surface area (Å²) in [6, 6.07) is 0. The molecule has 2 fully saturated rings. The molecule has 0 aliphatic heterocycles. The van der Waals surface area contributed by atoms with Crippen LogP contribution in [0.2, 0.25) is 0 Å². The molecule has 2 unspecified atom stereocenters. The van der Waals surface area contributed by atoms with Crippen molar-refractivity contribution >= 4 is 5.78 Å². The fourth-order valence-corrected chi connectivity index (χ4v) is 4.05. The van der Waals surface area contributed by atoms with Crippen molar-refractivity contribution in [3.63, 3.8) is 0 Å². The third kappa shape index (κ3) is 1.59. The zero-order chi connectivity index (χ0) is 11.9. The van der Waals surface area contributed by atoms with Crippen molar-refractivity contribution in [1.82, 2.24) is 0 Å². The first-order chi connectivity index (χ1) is 7.47. The number of nitrogens with two attached hydrogens (primary N) is 1. The van der Waals surface area contributed by atoms with Crippen molar-refractivity contribution in [3.05, 3.63) is 12.3 Å². The van der Waals surface area contributed by atoms with Crippen LogP contribution in [0.3, 0.4) is 0 Å². The van der Waals surface area contributed by atoms with Gasteiger partial charge in [0, 0.05) is 18.0 Å². The predicted molar refractivity (Wildman–Crippen MR) is 65.7 cm³/mol. The summed E-state index contributed by atoms with van der Waals surface area (Å²) in [7, 11) is 0. The Morgan fingerprint density at radius 1 is 1.56 bits per heavy atom. The maximum atomic E-state index is 12.0. The highest BCUT2D eigenvalue weighted by Gasteiger charge is 2.52. The SMILES string of the molecule is C=C(N)[C@@H](C)C1CCC2C(=O)CCC[C@@]21C. The monoisotopic (exact) mass is 221 g/mol. The molecule has 0 spiro atoms. The molecule has 0 aromatic heterocycles. The van der Waals surface area contributed by atoms with Gasteiger partial charge in [-0.05, 0) is 42.9 Å². The molecule has 90 valence electrons. The van der Waals surface area contributed by atoms with Crippen LogP contribution in [0.25, 0.3) is 0 Å². The number of fused-ring (bicyclic) bond motifs is 1. The number of carbonyl (C=O) groups excluding carboxylic acids is 1. The molecule has 2 N–H and O–H groups in total. The normalized spacial score (nSPS) is 40.5. The summed E-state index contributed by atoms with van der Waals surface area (Å²) in [5, 5.41) is 0. The number of hydrogen-bond acceptors (Lipinski definition) is 2. The second-order valence-corrected chi connectivity index (χ2v) is 5.93. The molecular weight excluding hydrogens is 198 g/mol. The molecule has 0 heterocycles. The Balaban J connectivity index is 2.24. The molecule has 0 aromatic rings. The van der Waals surface area contributed by atoms with Crippen LogP contribution >= 0.6 is 0 Å². The number of hydrogen-bond donors (Lipinski definition) is 1. The van der Waals surface area contributed by atoms with Crippen LogP contribution in [-0.2, 0) is 4.79 Å². The van der Waals surface area contributed by atoms with Crippen molar-refractivity contribution in [3.8, 4) is 0 Å². The molecule has 2 saturated carbocycles. The third-order valence-electron chi connectivity index (χ3n) is 5.13. The van der Waals surface area contributed by atoms with Crippen LogP contribution in [0.5, 0.6) is 0 Å². The minimum absolute atomic E-state index is 0.192. The molecule has 2 aliphatic carbocycles. The molecule has 16 heavy (non-hydrogen) atoms. The molecule has 2 heteroatoms. The Morgan fingerprint density at radius 2 is 2.25 bits per heavy atom. The first-order valence-electron chi connectivity index (χ1n) is 6.44. The van der Waals surface area contributed by atoms with Crippen molar-refractivity contribution in [1.29, 1.82) is 0 Å². The zero-order valence-electron chi connectivity index (χ0n) is 10.5. The number of Topliss-reactive ketones (excluding diaryl/α,β-unsaturated/α-hetero) is 1. The quantitative estimate of drug-likeness (QED) is 0.779. The molecule has 0 amide bonds. The van der Waals surface area contributed by atoms with E-state index >= 15 is 0 Å². The summed E-state index contributed by atoms with van der Waals surface area (Å²) in [5.41, 5.74) is 6.83. The molecule has 2 aliphatic rings. The van der Waals surface area contributed by atoms with E-state index < -0.39 is 0 Å². The molecular formula is C14H23NO. The highest BCUT2D eigenvalue weighted by atomic mass is 16.1. The average Bonchev–Trinajstić information content (AvgIpc) is 2.55. The maximum Gasteiger partial charge on any atom is 0.136 e. The van der Waals surface area contributed by atoms with Gasteiger partial charge in [-0.2, -0.15) is 0 Å². The van der Waals surface area contributed by atoms with Crippen LogP contribution in [0.4, 0.5) is 0 Å². The minimum atomic E-state index is 0.192. The van der Waals surface area contributed by atoms with Gasteiger partial charge in [0.15, 0.2) is 0 Å². The van der Waals surface area contributed by atoms with Crippen LogP contribution in [0, 0.1) is 23.2 Å². The van der Waals surface area contributed by atoms with Gasteiger partial charge in [0.2, 0.25) is 0 Å². The largest absolute Gasteiger partial charge is 0.402 e. The van der Waals surface area contributed by atoms with Crippen molar-refractivity contribution in [2.24, 2.45) is 28.9 Å². The Kier molecular flexibility index (Phi) is 2.85. The predicted octanol–water partition coefficient (Wildman–Crippen LogP) is 2.88. The number of carbonyl (C=O) groups is 1. The van der Waals surface area contributed by atoms with Crippen molar-refractivity contribution < 1.29 is 4.79 Å². The molecule has 0 radical (unpaired) electrons. The van der Waals surface area contributed by atoms with E-state index in [1.165, 1.54) is 6.42 Å². The molecule has 0 saturated heterocycles. The van der Waals surface area contributed by atoms with Gasteiger partial charge in [-0.25, -0.2) is 0 Å². The second-order valence-electron chi connectivity index (χ2n) is 5.93.